The van der Waals surface area contributed by atoms with E-state index in [0.29, 0.717) is 60.7 Å². The van der Waals surface area contributed by atoms with E-state index in [2.05, 4.69) is 10.8 Å². The second-order valence-electron chi connectivity index (χ2n) is 10.7. The number of nitrogens with one attached hydrogen (secondary N) is 2. The van der Waals surface area contributed by atoms with Crippen LogP contribution in [0.5, 0.6) is 5.75 Å². The van der Waals surface area contributed by atoms with Crippen molar-refractivity contribution in [2.75, 3.05) is 46.9 Å². The molecule has 1 unspecified atom stereocenters. The topological polar surface area (TPSA) is 97.0 Å². The van der Waals surface area contributed by atoms with Crippen LogP contribution in [0.25, 0.3) is 11.1 Å². The van der Waals surface area contributed by atoms with Gasteiger partial charge in [0.15, 0.2) is 5.75 Å². The number of ether oxygens (including phenoxy) is 1. The fraction of sp³-hybridized carbons (Fsp3) is 0.323. The highest BCUT2D eigenvalue weighted by molar-refractivity contribution is 6.42. The Morgan fingerprint density at radius 2 is 1.74 bits per heavy atom. The van der Waals surface area contributed by atoms with Crippen LogP contribution in [0.1, 0.15) is 33.8 Å². The molecule has 0 aromatic heterocycles. The van der Waals surface area contributed by atoms with Crippen LogP contribution in [0.2, 0.25) is 10.0 Å². The van der Waals surface area contributed by atoms with Gasteiger partial charge in [0.05, 0.1) is 36.2 Å². The zero-order valence-corrected chi connectivity index (χ0v) is 25.3. The summed E-state index contributed by atoms with van der Waals surface area (Å²) >= 11 is 12.3. The van der Waals surface area contributed by atoms with E-state index in [1.54, 1.807) is 24.2 Å². The number of amides is 3. The van der Waals surface area contributed by atoms with Gasteiger partial charge in [-0.2, -0.15) is 10.5 Å². The SMILES string of the molecule is CNC(=O)c1cc(F)cc(-c2ccc(CC[N+]3(N(C)C(=O)CC4C(=O)NOc5cc(Cl)c(Cl)cc54)CCOCC3)cc2)c1. The number of nitrogens with zero attached hydrogens (tertiary/aromatic N) is 2. The summed E-state index contributed by atoms with van der Waals surface area (Å²) in [5, 5.41) is 4.79. The number of hydrogen-bond donors (Lipinski definition) is 2. The third kappa shape index (κ3) is 6.62. The molecular formula is C31H32Cl2FN4O5+. The number of carbonyl (C=O) groups is 3. The molecule has 9 nitrogen and oxygen atoms in total. The molecule has 0 saturated carbocycles. The summed E-state index contributed by atoms with van der Waals surface area (Å²) in [6.07, 6.45) is 0.594. The number of quaternary nitrogens is 1. The lowest BCUT2D eigenvalue weighted by molar-refractivity contribution is -1.03. The Morgan fingerprint density at radius 3 is 2.44 bits per heavy atom. The number of hydroxylamine groups is 1. The van der Waals surface area contributed by atoms with Crippen molar-refractivity contribution >= 4 is 40.9 Å². The Bertz CT molecular complexity index is 1550. The maximum absolute atomic E-state index is 14.2. The molecule has 0 aliphatic carbocycles. The minimum Gasteiger partial charge on any atom is -0.379 e. The lowest BCUT2D eigenvalue weighted by atomic mass is 9.92. The number of hydrogen-bond acceptors (Lipinski definition) is 5. The number of morpholine rings is 1. The first-order valence-electron chi connectivity index (χ1n) is 13.9. The van der Waals surface area contributed by atoms with Gasteiger partial charge in [0.25, 0.3) is 17.7 Å². The van der Waals surface area contributed by atoms with Gasteiger partial charge in [0.2, 0.25) is 0 Å². The Kier molecular flexibility index (Phi) is 9.22. The first-order chi connectivity index (χ1) is 20.6. The van der Waals surface area contributed by atoms with Gasteiger partial charge in [-0.15, -0.1) is 0 Å². The molecule has 2 aliphatic heterocycles. The number of halogens is 3. The molecule has 0 radical (unpaired) electrons. The molecule has 2 heterocycles. The van der Waals surface area contributed by atoms with Crippen LogP contribution in [0, 0.1) is 5.82 Å². The molecule has 226 valence electrons. The highest BCUT2D eigenvalue weighted by Crippen LogP contribution is 2.38. The normalized spacial score (nSPS) is 17.3. The molecule has 3 aromatic carbocycles. The Labute approximate surface area is 259 Å². The van der Waals surface area contributed by atoms with Gasteiger partial charge in [-0.3, -0.25) is 14.4 Å². The predicted molar refractivity (Wildman–Crippen MR) is 160 cm³/mol. The highest BCUT2D eigenvalue weighted by atomic mass is 35.5. The van der Waals surface area contributed by atoms with Gasteiger partial charge in [0.1, 0.15) is 25.5 Å². The predicted octanol–water partition coefficient (Wildman–Crippen LogP) is 4.52. The zero-order valence-electron chi connectivity index (χ0n) is 23.8. The smallest absolute Gasteiger partial charge is 0.268 e. The van der Waals surface area contributed by atoms with E-state index in [-0.39, 0.29) is 33.8 Å². The second-order valence-corrected chi connectivity index (χ2v) is 11.5. The molecule has 3 aromatic rings. The first kappa shape index (κ1) is 30.7. The Morgan fingerprint density at radius 1 is 1.05 bits per heavy atom. The summed E-state index contributed by atoms with van der Waals surface area (Å²) in [4.78, 5) is 43.8. The van der Waals surface area contributed by atoms with E-state index in [1.165, 1.54) is 25.2 Å². The Balaban J connectivity index is 1.31. The number of carbonyl (C=O) groups excluding carboxylic acids is 3. The van der Waals surface area contributed by atoms with Gasteiger partial charge in [-0.25, -0.2) is 8.98 Å². The van der Waals surface area contributed by atoms with Gasteiger partial charge < -0.3 is 14.9 Å². The van der Waals surface area contributed by atoms with Crippen molar-refractivity contribution in [3.05, 3.63) is 87.2 Å². The lowest BCUT2D eigenvalue weighted by Gasteiger charge is -2.46. The van der Waals surface area contributed by atoms with Gasteiger partial charge in [-0.1, -0.05) is 47.5 Å². The zero-order chi connectivity index (χ0) is 30.7. The fourth-order valence-electron chi connectivity index (χ4n) is 5.56. The third-order valence-corrected chi connectivity index (χ3v) is 8.90. The number of fused-ring (bicyclic) bond motifs is 1. The molecule has 0 bridgehead atoms. The molecule has 43 heavy (non-hydrogen) atoms. The van der Waals surface area contributed by atoms with Crippen molar-refractivity contribution < 1.29 is 32.9 Å². The molecule has 0 spiro atoms. The van der Waals surface area contributed by atoms with E-state index in [4.69, 9.17) is 32.8 Å². The maximum atomic E-state index is 14.2. The molecule has 1 fully saturated rings. The van der Waals surface area contributed by atoms with E-state index in [1.807, 2.05) is 24.3 Å². The van der Waals surface area contributed by atoms with Crippen molar-refractivity contribution in [1.29, 1.82) is 0 Å². The largest absolute Gasteiger partial charge is 0.379 e. The van der Waals surface area contributed by atoms with Crippen LogP contribution in [0.4, 0.5) is 4.39 Å². The molecule has 1 saturated heterocycles. The standard InChI is InChI=1S/C31H31Cl2FN4O5/c1-35-30(40)22-13-21(14-23(34)15-22)20-5-3-19(4-6-20)7-8-38(9-11-42-12-10-38)37(2)29(39)17-25-24-16-26(32)27(33)18-28(24)43-36-31(25)41/h3-6,13-16,18,25H,7-12,17H2,1-2H3,(H-,35,36,40,41)/p+1. The summed E-state index contributed by atoms with van der Waals surface area (Å²) in [5.41, 5.74) is 5.56. The molecular weight excluding hydrogens is 598 g/mol. The fourth-order valence-corrected chi connectivity index (χ4v) is 5.88. The van der Waals surface area contributed by atoms with E-state index in [9.17, 15) is 18.8 Å². The van der Waals surface area contributed by atoms with Crippen molar-refractivity contribution in [2.45, 2.75) is 18.8 Å². The molecule has 2 aliphatic rings. The van der Waals surface area contributed by atoms with Gasteiger partial charge in [-0.05, 0) is 41.0 Å². The van der Waals surface area contributed by atoms with Crippen LogP contribution in [0.15, 0.2) is 54.6 Å². The second kappa shape index (κ2) is 12.9. The van der Waals surface area contributed by atoms with Crippen molar-refractivity contribution in [3.63, 3.8) is 0 Å². The van der Waals surface area contributed by atoms with Crippen LogP contribution < -0.4 is 15.6 Å². The first-order valence-corrected chi connectivity index (χ1v) is 14.6. The average molecular weight is 631 g/mol. The maximum Gasteiger partial charge on any atom is 0.268 e. The minimum atomic E-state index is -0.783. The van der Waals surface area contributed by atoms with Gasteiger partial charge in [0, 0.05) is 37.1 Å². The molecule has 3 amide bonds. The molecule has 12 heteroatoms. The third-order valence-electron chi connectivity index (χ3n) is 8.18. The lowest BCUT2D eigenvalue weighted by Crippen LogP contribution is -2.66. The number of benzene rings is 3. The van der Waals surface area contributed by atoms with Crippen LogP contribution in [-0.4, -0.2) is 74.3 Å². The quantitative estimate of drug-likeness (QED) is 0.357. The summed E-state index contributed by atoms with van der Waals surface area (Å²) < 4.78 is 20.2. The van der Waals surface area contributed by atoms with Crippen molar-refractivity contribution in [3.8, 4) is 16.9 Å². The summed E-state index contributed by atoms with van der Waals surface area (Å²) in [6.45, 7) is 2.83. The molecule has 5 rings (SSSR count). The van der Waals surface area contributed by atoms with E-state index < -0.39 is 17.6 Å². The van der Waals surface area contributed by atoms with E-state index in [0.717, 1.165) is 11.1 Å². The summed E-state index contributed by atoms with van der Waals surface area (Å²) in [5.74, 6) is -1.90. The highest BCUT2D eigenvalue weighted by Gasteiger charge is 2.41. The summed E-state index contributed by atoms with van der Waals surface area (Å²) in [6, 6.07) is 15.1. The van der Waals surface area contributed by atoms with Crippen molar-refractivity contribution in [1.82, 2.24) is 15.8 Å². The Hall–Kier alpha value is -3.70. The van der Waals surface area contributed by atoms with Crippen molar-refractivity contribution in [2.24, 2.45) is 0 Å². The molecule has 2 N–H and O–H groups in total. The van der Waals surface area contributed by atoms with Crippen LogP contribution in [-0.2, 0) is 20.7 Å². The average Bonchev–Trinajstić information content (AvgIpc) is 3.02. The summed E-state index contributed by atoms with van der Waals surface area (Å²) in [7, 11) is 3.27. The molecule has 1 atom stereocenters. The van der Waals surface area contributed by atoms with Crippen LogP contribution in [0.3, 0.4) is 0 Å². The van der Waals surface area contributed by atoms with E-state index >= 15 is 0 Å². The number of rotatable bonds is 8. The minimum absolute atomic E-state index is 0.0715. The monoisotopic (exact) mass is 629 g/mol. The van der Waals surface area contributed by atoms with Crippen LogP contribution >= 0.6 is 23.2 Å². The van der Waals surface area contributed by atoms with Gasteiger partial charge >= 0.3 is 0 Å².